The highest BCUT2D eigenvalue weighted by Gasteiger charge is 2.32. The van der Waals surface area contributed by atoms with Gasteiger partial charge < -0.3 is 20.1 Å². The Morgan fingerprint density at radius 3 is 2.56 bits per heavy atom. The second-order valence-electron chi connectivity index (χ2n) is 6.30. The summed E-state index contributed by atoms with van der Waals surface area (Å²) in [6.07, 6.45) is -0.887. The summed E-state index contributed by atoms with van der Waals surface area (Å²) in [5, 5.41) is 22.1. The fourth-order valence-electron chi connectivity index (χ4n) is 2.85. The zero-order valence-corrected chi connectivity index (χ0v) is 14.8. The minimum absolute atomic E-state index is 0.0278. The summed E-state index contributed by atoms with van der Waals surface area (Å²) >= 11 is 0. The highest BCUT2D eigenvalue weighted by atomic mass is 16.5. The Labute approximate surface area is 156 Å². The predicted octanol–water partition coefficient (Wildman–Crippen LogP) is 1.70. The Balaban J connectivity index is 1.66. The van der Waals surface area contributed by atoms with Gasteiger partial charge in [0.05, 0.1) is 24.3 Å². The number of ether oxygens (including phenoxy) is 1. The van der Waals surface area contributed by atoms with E-state index in [4.69, 9.17) is 10.00 Å². The van der Waals surface area contributed by atoms with Crippen molar-refractivity contribution >= 4 is 17.5 Å². The average molecular weight is 365 g/mol. The molecule has 2 N–H and O–H groups in total. The summed E-state index contributed by atoms with van der Waals surface area (Å²) in [4.78, 5) is 25.5. The first kappa shape index (κ1) is 18.6. The van der Waals surface area contributed by atoms with Crippen LogP contribution >= 0.6 is 0 Å². The largest absolute Gasteiger partial charge is 0.386 e. The topological polar surface area (TPSA) is 103 Å². The second kappa shape index (κ2) is 7.99. The molecule has 1 fully saturated rings. The molecule has 7 heteroatoms. The third-order valence-electron chi connectivity index (χ3n) is 4.56. The lowest BCUT2D eigenvalue weighted by atomic mass is 10.0. The number of aliphatic hydroxyl groups is 1. The lowest BCUT2D eigenvalue weighted by molar-refractivity contribution is -0.151. The lowest BCUT2D eigenvalue weighted by Crippen LogP contribution is -2.49. The van der Waals surface area contributed by atoms with Gasteiger partial charge in [-0.25, -0.2) is 0 Å². The first-order valence-corrected chi connectivity index (χ1v) is 8.42. The van der Waals surface area contributed by atoms with Gasteiger partial charge >= 0.3 is 0 Å². The molecule has 1 aliphatic rings. The maximum absolute atomic E-state index is 12.3. The second-order valence-corrected chi connectivity index (χ2v) is 6.30. The zero-order valence-electron chi connectivity index (χ0n) is 14.8. The summed E-state index contributed by atoms with van der Waals surface area (Å²) < 4.78 is 5.22. The van der Waals surface area contributed by atoms with E-state index in [1.807, 2.05) is 6.07 Å². The van der Waals surface area contributed by atoms with Gasteiger partial charge in [-0.15, -0.1) is 0 Å². The number of benzene rings is 2. The van der Waals surface area contributed by atoms with Crippen LogP contribution in [0.1, 0.15) is 27.6 Å². The molecule has 2 aromatic carbocycles. The molecule has 2 unspecified atom stereocenters. The molecule has 2 amide bonds. The number of amides is 2. The molecule has 0 bridgehead atoms. The van der Waals surface area contributed by atoms with Crippen molar-refractivity contribution < 1.29 is 19.4 Å². The number of nitrogens with one attached hydrogen (secondary N) is 1. The molecule has 0 saturated carbocycles. The highest BCUT2D eigenvalue weighted by molar-refractivity contribution is 6.04. The zero-order chi connectivity index (χ0) is 19.4. The molecule has 0 spiro atoms. The van der Waals surface area contributed by atoms with Crippen molar-refractivity contribution in [2.45, 2.75) is 12.1 Å². The molecule has 2 aromatic rings. The number of nitriles is 1. The summed E-state index contributed by atoms with van der Waals surface area (Å²) in [6, 6.07) is 14.7. The van der Waals surface area contributed by atoms with Gasteiger partial charge in [0.25, 0.3) is 5.91 Å². The van der Waals surface area contributed by atoms with E-state index in [9.17, 15) is 14.7 Å². The number of morpholine rings is 1. The standard InChI is InChI=1S/C20H19N3O4/c1-23-17(11-27-12-18(23)24)19(25)14-6-8-16(9-7-14)22-20(26)15-4-2-13(10-21)3-5-15/h2-9,17,19,25H,11-12H2,1H3,(H,22,26). The van der Waals surface area contributed by atoms with E-state index in [2.05, 4.69) is 5.32 Å². The number of hydrogen-bond acceptors (Lipinski definition) is 5. The van der Waals surface area contributed by atoms with Crippen molar-refractivity contribution in [1.29, 1.82) is 5.26 Å². The van der Waals surface area contributed by atoms with Crippen molar-refractivity contribution in [2.24, 2.45) is 0 Å². The maximum atomic E-state index is 12.3. The summed E-state index contributed by atoms with van der Waals surface area (Å²) in [5.41, 5.74) is 2.13. The van der Waals surface area contributed by atoms with Gasteiger partial charge in [-0.2, -0.15) is 5.26 Å². The van der Waals surface area contributed by atoms with E-state index in [0.717, 1.165) is 0 Å². The van der Waals surface area contributed by atoms with Crippen molar-refractivity contribution in [1.82, 2.24) is 4.90 Å². The minimum atomic E-state index is -0.887. The summed E-state index contributed by atoms with van der Waals surface area (Å²) in [7, 11) is 1.64. The molecule has 2 atom stereocenters. The van der Waals surface area contributed by atoms with Gasteiger partial charge in [0, 0.05) is 18.3 Å². The fourth-order valence-corrected chi connectivity index (χ4v) is 2.85. The third kappa shape index (κ3) is 4.14. The van der Waals surface area contributed by atoms with Gasteiger partial charge in [-0.1, -0.05) is 12.1 Å². The molecule has 7 nitrogen and oxygen atoms in total. The maximum Gasteiger partial charge on any atom is 0.255 e. The number of carbonyl (C=O) groups is 2. The van der Waals surface area contributed by atoms with Crippen LogP contribution in [-0.2, 0) is 9.53 Å². The molecule has 0 radical (unpaired) electrons. The van der Waals surface area contributed by atoms with Gasteiger partial charge in [-0.05, 0) is 42.0 Å². The molecule has 0 aliphatic carbocycles. The molecule has 138 valence electrons. The van der Waals surface area contributed by atoms with Gasteiger partial charge in [0.2, 0.25) is 5.91 Å². The molecule has 0 aromatic heterocycles. The Bertz CT molecular complexity index is 872. The van der Waals surface area contributed by atoms with E-state index in [-0.39, 0.29) is 25.0 Å². The Hall–Kier alpha value is -3.21. The Morgan fingerprint density at radius 2 is 1.93 bits per heavy atom. The summed E-state index contributed by atoms with van der Waals surface area (Å²) in [5.74, 6) is -0.463. The molecule has 27 heavy (non-hydrogen) atoms. The van der Waals surface area contributed by atoms with Crippen LogP contribution in [0, 0.1) is 11.3 Å². The first-order valence-electron chi connectivity index (χ1n) is 8.42. The Kier molecular flexibility index (Phi) is 5.50. The predicted molar refractivity (Wildman–Crippen MR) is 97.9 cm³/mol. The van der Waals surface area contributed by atoms with Gasteiger partial charge in [0.15, 0.2) is 0 Å². The number of anilines is 1. The summed E-state index contributed by atoms with van der Waals surface area (Å²) in [6.45, 7) is 0.292. The minimum Gasteiger partial charge on any atom is -0.386 e. The van der Waals surface area contributed by atoms with Crippen LogP contribution in [0.3, 0.4) is 0 Å². The SMILES string of the molecule is CN1C(=O)COCC1C(O)c1ccc(NC(=O)c2ccc(C#N)cc2)cc1. The Morgan fingerprint density at radius 1 is 1.26 bits per heavy atom. The average Bonchev–Trinajstić information content (AvgIpc) is 2.70. The quantitative estimate of drug-likeness (QED) is 0.858. The van der Waals surface area contributed by atoms with Crippen molar-refractivity contribution in [3.8, 4) is 6.07 Å². The number of aliphatic hydroxyl groups excluding tert-OH is 1. The normalized spacial score (nSPS) is 17.9. The smallest absolute Gasteiger partial charge is 0.255 e. The van der Waals surface area contributed by atoms with E-state index >= 15 is 0 Å². The van der Waals surface area contributed by atoms with Crippen LogP contribution in [0.25, 0.3) is 0 Å². The van der Waals surface area contributed by atoms with Crippen LogP contribution < -0.4 is 5.32 Å². The lowest BCUT2D eigenvalue weighted by Gasteiger charge is -2.35. The molecular weight excluding hydrogens is 346 g/mol. The third-order valence-corrected chi connectivity index (χ3v) is 4.56. The van der Waals surface area contributed by atoms with E-state index in [1.54, 1.807) is 55.6 Å². The van der Waals surface area contributed by atoms with Crippen LogP contribution in [-0.4, -0.2) is 48.1 Å². The molecule has 1 heterocycles. The molecule has 1 aliphatic heterocycles. The van der Waals surface area contributed by atoms with Crippen LogP contribution in [0.2, 0.25) is 0 Å². The monoisotopic (exact) mass is 365 g/mol. The number of nitrogens with zero attached hydrogens (tertiary/aromatic N) is 2. The molecule has 1 saturated heterocycles. The molecular formula is C20H19N3O4. The van der Waals surface area contributed by atoms with Gasteiger partial charge in [-0.3, -0.25) is 9.59 Å². The van der Waals surface area contributed by atoms with E-state index < -0.39 is 12.1 Å². The van der Waals surface area contributed by atoms with Crippen LogP contribution in [0.15, 0.2) is 48.5 Å². The van der Waals surface area contributed by atoms with E-state index in [0.29, 0.717) is 22.4 Å². The van der Waals surface area contributed by atoms with E-state index in [1.165, 1.54) is 4.90 Å². The number of likely N-dealkylation sites (N-methyl/N-ethyl adjacent to an activating group) is 1. The van der Waals surface area contributed by atoms with Gasteiger partial charge in [0.1, 0.15) is 12.7 Å². The van der Waals surface area contributed by atoms with Crippen LogP contribution in [0.5, 0.6) is 0 Å². The van der Waals surface area contributed by atoms with Crippen molar-refractivity contribution in [3.63, 3.8) is 0 Å². The number of carbonyl (C=O) groups excluding carboxylic acids is 2. The van der Waals surface area contributed by atoms with Crippen molar-refractivity contribution in [2.75, 3.05) is 25.6 Å². The van der Waals surface area contributed by atoms with Crippen molar-refractivity contribution in [3.05, 3.63) is 65.2 Å². The first-order chi connectivity index (χ1) is 13.0. The number of rotatable bonds is 4. The van der Waals surface area contributed by atoms with Crippen LogP contribution in [0.4, 0.5) is 5.69 Å². The highest BCUT2D eigenvalue weighted by Crippen LogP contribution is 2.24. The number of hydrogen-bond donors (Lipinski definition) is 2. The fraction of sp³-hybridized carbons (Fsp3) is 0.250. The molecule has 3 rings (SSSR count).